The maximum atomic E-state index is 11.6. The number of sulfone groups is 1. The van der Waals surface area contributed by atoms with E-state index in [2.05, 4.69) is 0 Å². The highest BCUT2D eigenvalue weighted by Crippen LogP contribution is 2.19. The largest absolute Gasteiger partial charge is 0.338 e. The fourth-order valence-corrected chi connectivity index (χ4v) is 1.94. The maximum Gasteiger partial charge on any atom is 0.240 e. The van der Waals surface area contributed by atoms with Crippen LogP contribution in [0, 0.1) is 0 Å². The number of nitrogens with two attached hydrogens (primary N) is 1. The minimum atomic E-state index is -3.29. The number of nitrogens with zero attached hydrogens (tertiary/aromatic N) is 1. The molecule has 1 aliphatic rings. The molecular formula is C8H16N2O3S. The predicted molar refractivity (Wildman–Crippen MR) is 53.5 cm³/mol. The molecule has 0 aromatic carbocycles. The Bertz CT molecular complexity index is 340. The topological polar surface area (TPSA) is 80.5 Å². The van der Waals surface area contributed by atoms with Gasteiger partial charge < -0.3 is 10.6 Å². The lowest BCUT2D eigenvalue weighted by molar-refractivity contribution is -0.137. The van der Waals surface area contributed by atoms with Crippen LogP contribution in [-0.2, 0) is 14.6 Å². The van der Waals surface area contributed by atoms with Crippen LogP contribution in [0.15, 0.2) is 0 Å². The first-order chi connectivity index (χ1) is 6.13. The molecule has 0 bridgehead atoms. The quantitative estimate of drug-likeness (QED) is 0.646. The van der Waals surface area contributed by atoms with Gasteiger partial charge in [0.25, 0.3) is 0 Å². The van der Waals surface area contributed by atoms with Crippen LogP contribution < -0.4 is 5.73 Å². The molecule has 1 fully saturated rings. The molecule has 5 nitrogen and oxygen atoms in total. The van der Waals surface area contributed by atoms with Gasteiger partial charge in [-0.05, 0) is 13.8 Å². The molecule has 14 heavy (non-hydrogen) atoms. The van der Waals surface area contributed by atoms with Gasteiger partial charge in [0.1, 0.15) is 5.25 Å². The molecule has 0 spiro atoms. The standard InChI is InChI=1S/C8H16N2O3S/c1-6(14(3,12)13)7(11)10-4-8(2,9)5-10/h6H,4-5,9H2,1-3H3. The van der Waals surface area contributed by atoms with Gasteiger partial charge in [0.15, 0.2) is 9.84 Å². The molecule has 1 saturated heterocycles. The number of carbonyl (C=O) groups excluding carboxylic acids is 1. The van der Waals surface area contributed by atoms with Gasteiger partial charge in [0, 0.05) is 24.9 Å². The van der Waals surface area contributed by atoms with Crippen LogP contribution >= 0.6 is 0 Å². The van der Waals surface area contributed by atoms with Crippen molar-refractivity contribution in [2.45, 2.75) is 24.6 Å². The van der Waals surface area contributed by atoms with Crippen LogP contribution in [0.1, 0.15) is 13.8 Å². The highest BCUT2D eigenvalue weighted by molar-refractivity contribution is 7.92. The number of amides is 1. The zero-order chi connectivity index (χ0) is 11.1. The van der Waals surface area contributed by atoms with Gasteiger partial charge in [-0.3, -0.25) is 4.79 Å². The third-order valence-electron chi connectivity index (χ3n) is 2.41. The van der Waals surface area contributed by atoms with Gasteiger partial charge in [-0.1, -0.05) is 0 Å². The minimum absolute atomic E-state index is 0.351. The summed E-state index contributed by atoms with van der Waals surface area (Å²) in [6.07, 6.45) is 1.07. The first-order valence-electron chi connectivity index (χ1n) is 4.40. The van der Waals surface area contributed by atoms with E-state index in [1.165, 1.54) is 11.8 Å². The normalized spacial score (nSPS) is 22.7. The molecule has 6 heteroatoms. The molecule has 1 atom stereocenters. The lowest BCUT2D eigenvalue weighted by Gasteiger charge is -2.46. The summed E-state index contributed by atoms with van der Waals surface area (Å²) < 4.78 is 22.2. The molecule has 0 radical (unpaired) electrons. The molecule has 82 valence electrons. The van der Waals surface area contributed by atoms with Gasteiger partial charge in [0.2, 0.25) is 5.91 Å². The molecular weight excluding hydrogens is 204 g/mol. The highest BCUT2D eigenvalue weighted by atomic mass is 32.2. The van der Waals surface area contributed by atoms with Crippen LogP contribution in [0.3, 0.4) is 0 Å². The smallest absolute Gasteiger partial charge is 0.240 e. The van der Waals surface area contributed by atoms with Crippen molar-refractivity contribution < 1.29 is 13.2 Å². The zero-order valence-corrected chi connectivity index (χ0v) is 9.47. The fourth-order valence-electron chi connectivity index (χ4n) is 1.42. The summed E-state index contributed by atoms with van der Waals surface area (Å²) in [6, 6.07) is 0. The molecule has 1 unspecified atom stereocenters. The van der Waals surface area contributed by atoms with E-state index in [9.17, 15) is 13.2 Å². The fraction of sp³-hybridized carbons (Fsp3) is 0.875. The Hall–Kier alpha value is -0.620. The lowest BCUT2D eigenvalue weighted by Crippen LogP contribution is -2.68. The molecule has 0 aliphatic carbocycles. The Balaban J connectivity index is 2.62. The maximum absolute atomic E-state index is 11.6. The average Bonchev–Trinajstić information content (AvgIpc) is 1.95. The van der Waals surface area contributed by atoms with Crippen LogP contribution in [0.5, 0.6) is 0 Å². The number of hydrogen-bond donors (Lipinski definition) is 1. The van der Waals surface area contributed by atoms with E-state index >= 15 is 0 Å². The van der Waals surface area contributed by atoms with Gasteiger partial charge in [-0.25, -0.2) is 8.42 Å². The number of hydrogen-bond acceptors (Lipinski definition) is 4. The summed E-state index contributed by atoms with van der Waals surface area (Å²) in [5.74, 6) is -0.351. The monoisotopic (exact) mass is 220 g/mol. The van der Waals surface area contributed by atoms with Crippen molar-refractivity contribution in [3.63, 3.8) is 0 Å². The summed E-state index contributed by atoms with van der Waals surface area (Å²) in [4.78, 5) is 13.0. The van der Waals surface area contributed by atoms with E-state index < -0.39 is 15.1 Å². The van der Waals surface area contributed by atoms with Crippen molar-refractivity contribution in [2.75, 3.05) is 19.3 Å². The Labute approximate surface area is 84.2 Å². The van der Waals surface area contributed by atoms with Crippen LogP contribution in [0.25, 0.3) is 0 Å². The summed E-state index contributed by atoms with van der Waals surface area (Å²) >= 11 is 0. The summed E-state index contributed by atoms with van der Waals surface area (Å²) in [7, 11) is -3.29. The first-order valence-corrected chi connectivity index (χ1v) is 6.35. The highest BCUT2D eigenvalue weighted by Gasteiger charge is 2.41. The van der Waals surface area contributed by atoms with Crippen molar-refractivity contribution in [2.24, 2.45) is 5.73 Å². The molecule has 0 saturated carbocycles. The molecule has 2 N–H and O–H groups in total. The SMILES string of the molecule is CC(C(=O)N1CC(C)(N)C1)S(C)(=O)=O. The lowest BCUT2D eigenvalue weighted by atomic mass is 9.93. The van der Waals surface area contributed by atoms with Crippen LogP contribution in [0.4, 0.5) is 0 Å². The summed E-state index contributed by atoms with van der Waals surface area (Å²) in [5, 5.41) is -0.960. The second kappa shape index (κ2) is 3.20. The van der Waals surface area contributed by atoms with E-state index in [0.717, 1.165) is 6.26 Å². The molecule has 0 aromatic heterocycles. The Morgan fingerprint density at radius 3 is 2.21 bits per heavy atom. The Morgan fingerprint density at radius 1 is 1.50 bits per heavy atom. The van der Waals surface area contributed by atoms with Gasteiger partial charge in [0.05, 0.1) is 0 Å². The van der Waals surface area contributed by atoms with E-state index in [0.29, 0.717) is 13.1 Å². The molecule has 1 heterocycles. The molecule has 1 amide bonds. The summed E-state index contributed by atoms with van der Waals surface area (Å²) in [5.41, 5.74) is 5.36. The average molecular weight is 220 g/mol. The second-order valence-corrected chi connectivity index (χ2v) is 6.69. The Kier molecular flexibility index (Phi) is 2.62. The molecule has 1 rings (SSSR count). The predicted octanol–water partition coefficient (Wildman–Crippen LogP) is -1.02. The first kappa shape index (κ1) is 11.5. The Morgan fingerprint density at radius 2 is 1.93 bits per heavy atom. The van der Waals surface area contributed by atoms with Crippen molar-refractivity contribution in [3.05, 3.63) is 0 Å². The van der Waals surface area contributed by atoms with Crippen molar-refractivity contribution in [1.29, 1.82) is 0 Å². The second-order valence-electron chi connectivity index (χ2n) is 4.32. The molecule has 0 aromatic rings. The van der Waals surface area contributed by atoms with E-state index in [1.54, 1.807) is 0 Å². The van der Waals surface area contributed by atoms with Gasteiger partial charge in [-0.2, -0.15) is 0 Å². The number of carbonyl (C=O) groups is 1. The van der Waals surface area contributed by atoms with E-state index in [1.807, 2.05) is 6.92 Å². The zero-order valence-electron chi connectivity index (χ0n) is 8.65. The number of rotatable bonds is 2. The van der Waals surface area contributed by atoms with E-state index in [4.69, 9.17) is 5.73 Å². The van der Waals surface area contributed by atoms with E-state index in [-0.39, 0.29) is 11.4 Å². The number of likely N-dealkylation sites (tertiary alicyclic amines) is 1. The van der Waals surface area contributed by atoms with Gasteiger partial charge >= 0.3 is 0 Å². The summed E-state index contributed by atoms with van der Waals surface area (Å²) in [6.45, 7) is 4.11. The van der Waals surface area contributed by atoms with Crippen molar-refractivity contribution in [3.8, 4) is 0 Å². The van der Waals surface area contributed by atoms with Crippen molar-refractivity contribution in [1.82, 2.24) is 4.90 Å². The third-order valence-corrected chi connectivity index (χ3v) is 3.89. The third kappa shape index (κ3) is 2.24. The molecule has 1 aliphatic heterocycles. The van der Waals surface area contributed by atoms with Gasteiger partial charge in [-0.15, -0.1) is 0 Å². The van der Waals surface area contributed by atoms with Crippen molar-refractivity contribution >= 4 is 15.7 Å². The minimum Gasteiger partial charge on any atom is -0.338 e. The van der Waals surface area contributed by atoms with Crippen LogP contribution in [0.2, 0.25) is 0 Å². The van der Waals surface area contributed by atoms with Crippen LogP contribution in [-0.4, -0.2) is 49.4 Å².